The van der Waals surface area contributed by atoms with Crippen LogP contribution >= 0.6 is 11.6 Å². The highest BCUT2D eigenvalue weighted by Gasteiger charge is 2.27. The molecule has 0 N–H and O–H groups in total. The van der Waals surface area contributed by atoms with Gasteiger partial charge in [-0.3, -0.25) is 9.59 Å². The standard InChI is InChI=1S/C19H19ClO4/c1-23-19(22)17(11-14-7-9-16(20)10-8-14)18(21)13-24-12-15-5-3-2-4-6-15/h2-10,17H,11-13H2,1H3. The maximum absolute atomic E-state index is 12.4. The van der Waals surface area contributed by atoms with Gasteiger partial charge in [-0.15, -0.1) is 0 Å². The van der Waals surface area contributed by atoms with E-state index >= 15 is 0 Å². The topological polar surface area (TPSA) is 52.6 Å². The summed E-state index contributed by atoms with van der Waals surface area (Å²) in [6.07, 6.45) is 0.261. The molecule has 0 aliphatic heterocycles. The van der Waals surface area contributed by atoms with Gasteiger partial charge in [0.25, 0.3) is 0 Å². The van der Waals surface area contributed by atoms with E-state index in [1.54, 1.807) is 24.3 Å². The summed E-state index contributed by atoms with van der Waals surface area (Å²) in [5.74, 6) is -1.74. The van der Waals surface area contributed by atoms with Gasteiger partial charge in [0.05, 0.1) is 13.7 Å². The fourth-order valence-corrected chi connectivity index (χ4v) is 2.40. The molecule has 0 saturated carbocycles. The van der Waals surface area contributed by atoms with Crippen LogP contribution in [-0.4, -0.2) is 25.5 Å². The van der Waals surface area contributed by atoms with Crippen LogP contribution in [0, 0.1) is 5.92 Å². The van der Waals surface area contributed by atoms with Crippen LogP contribution in [0.25, 0.3) is 0 Å². The molecule has 5 heteroatoms. The highest BCUT2D eigenvalue weighted by atomic mass is 35.5. The smallest absolute Gasteiger partial charge is 0.316 e. The van der Waals surface area contributed by atoms with Gasteiger partial charge >= 0.3 is 5.97 Å². The Bertz CT molecular complexity index is 668. The molecular weight excluding hydrogens is 328 g/mol. The Hall–Kier alpha value is -2.17. The molecule has 0 radical (unpaired) electrons. The van der Waals surface area contributed by atoms with Crippen molar-refractivity contribution in [3.05, 3.63) is 70.7 Å². The molecule has 2 aromatic rings. The minimum atomic E-state index is -0.882. The van der Waals surface area contributed by atoms with E-state index in [0.717, 1.165) is 11.1 Å². The maximum Gasteiger partial charge on any atom is 0.316 e. The Balaban J connectivity index is 1.94. The second-order valence-electron chi connectivity index (χ2n) is 5.35. The van der Waals surface area contributed by atoms with Crippen LogP contribution in [0.15, 0.2) is 54.6 Å². The molecule has 2 aromatic carbocycles. The highest BCUT2D eigenvalue weighted by molar-refractivity contribution is 6.30. The molecule has 0 aromatic heterocycles. The van der Waals surface area contributed by atoms with E-state index < -0.39 is 11.9 Å². The Morgan fingerprint density at radius 2 is 1.67 bits per heavy atom. The minimum absolute atomic E-state index is 0.137. The molecule has 0 heterocycles. The zero-order valence-corrected chi connectivity index (χ0v) is 14.2. The van der Waals surface area contributed by atoms with Crippen molar-refractivity contribution in [2.24, 2.45) is 5.92 Å². The molecule has 0 aliphatic carbocycles. The summed E-state index contributed by atoms with van der Waals surface area (Å²) in [5, 5.41) is 0.603. The number of hydrogen-bond donors (Lipinski definition) is 0. The van der Waals surface area contributed by atoms with Gasteiger partial charge in [0.15, 0.2) is 5.78 Å². The number of halogens is 1. The molecule has 24 heavy (non-hydrogen) atoms. The summed E-state index contributed by atoms with van der Waals surface area (Å²) in [6.45, 7) is 0.184. The van der Waals surface area contributed by atoms with Crippen LogP contribution in [0.4, 0.5) is 0 Å². The monoisotopic (exact) mass is 346 g/mol. The van der Waals surface area contributed by atoms with Crippen molar-refractivity contribution in [3.8, 4) is 0 Å². The molecule has 0 aliphatic rings. The van der Waals surface area contributed by atoms with Crippen molar-refractivity contribution >= 4 is 23.4 Å². The molecule has 0 fully saturated rings. The third-order valence-electron chi connectivity index (χ3n) is 3.58. The quantitative estimate of drug-likeness (QED) is 0.542. The van der Waals surface area contributed by atoms with Gasteiger partial charge in [-0.25, -0.2) is 0 Å². The number of hydrogen-bond acceptors (Lipinski definition) is 4. The lowest BCUT2D eigenvalue weighted by atomic mass is 9.95. The zero-order valence-electron chi connectivity index (χ0n) is 13.4. The van der Waals surface area contributed by atoms with Gasteiger partial charge in [-0.05, 0) is 29.7 Å². The first-order valence-corrected chi connectivity index (χ1v) is 7.94. The van der Waals surface area contributed by atoms with Crippen molar-refractivity contribution in [3.63, 3.8) is 0 Å². The van der Waals surface area contributed by atoms with Crippen molar-refractivity contribution in [2.75, 3.05) is 13.7 Å². The highest BCUT2D eigenvalue weighted by Crippen LogP contribution is 2.15. The minimum Gasteiger partial charge on any atom is -0.468 e. The number of esters is 1. The molecule has 1 unspecified atom stereocenters. The normalized spacial score (nSPS) is 11.8. The Kier molecular flexibility index (Phi) is 6.97. The fourth-order valence-electron chi connectivity index (χ4n) is 2.27. The van der Waals surface area contributed by atoms with Crippen LogP contribution in [0.5, 0.6) is 0 Å². The van der Waals surface area contributed by atoms with Gasteiger partial charge in [0.1, 0.15) is 12.5 Å². The molecule has 0 amide bonds. The number of carbonyl (C=O) groups excluding carboxylic acids is 2. The lowest BCUT2D eigenvalue weighted by Gasteiger charge is -2.14. The second-order valence-corrected chi connectivity index (χ2v) is 5.79. The largest absolute Gasteiger partial charge is 0.468 e. The molecule has 0 bridgehead atoms. The third kappa shape index (κ3) is 5.48. The number of carbonyl (C=O) groups is 2. The molecule has 2 rings (SSSR count). The number of ether oxygens (including phenoxy) is 2. The Morgan fingerprint density at radius 3 is 2.29 bits per heavy atom. The van der Waals surface area contributed by atoms with E-state index in [1.165, 1.54) is 7.11 Å². The second kappa shape index (κ2) is 9.21. The van der Waals surface area contributed by atoms with Crippen molar-refractivity contribution in [2.45, 2.75) is 13.0 Å². The van der Waals surface area contributed by atoms with Gasteiger partial charge in [-0.1, -0.05) is 54.1 Å². The molecule has 0 spiro atoms. The summed E-state index contributed by atoms with van der Waals surface area (Å²) >= 11 is 5.85. The van der Waals surface area contributed by atoms with E-state index in [2.05, 4.69) is 0 Å². The van der Waals surface area contributed by atoms with Gasteiger partial charge in [0.2, 0.25) is 0 Å². The predicted molar refractivity (Wildman–Crippen MR) is 91.8 cm³/mol. The molecule has 0 saturated heterocycles. The van der Waals surface area contributed by atoms with Gasteiger partial charge < -0.3 is 9.47 Å². The van der Waals surface area contributed by atoms with Gasteiger partial charge in [0, 0.05) is 5.02 Å². The van der Waals surface area contributed by atoms with Crippen molar-refractivity contribution < 1.29 is 19.1 Å². The zero-order chi connectivity index (χ0) is 17.4. The average molecular weight is 347 g/mol. The summed E-state index contributed by atoms with van der Waals surface area (Å²) in [4.78, 5) is 24.3. The first-order valence-electron chi connectivity index (χ1n) is 7.57. The van der Waals surface area contributed by atoms with Crippen LogP contribution in [0.1, 0.15) is 11.1 Å². The Labute approximate surface area is 146 Å². The molecule has 126 valence electrons. The Morgan fingerprint density at radius 1 is 1.00 bits per heavy atom. The SMILES string of the molecule is COC(=O)C(Cc1ccc(Cl)cc1)C(=O)COCc1ccccc1. The number of ketones is 1. The fraction of sp³-hybridized carbons (Fsp3) is 0.263. The lowest BCUT2D eigenvalue weighted by molar-refractivity contribution is -0.150. The van der Waals surface area contributed by atoms with Crippen LogP contribution < -0.4 is 0 Å². The van der Waals surface area contributed by atoms with Crippen LogP contribution in [-0.2, 0) is 32.1 Å². The lowest BCUT2D eigenvalue weighted by Crippen LogP contribution is -2.30. The van der Waals surface area contributed by atoms with Crippen LogP contribution in [0.3, 0.4) is 0 Å². The summed E-state index contributed by atoms with van der Waals surface area (Å²) < 4.78 is 10.2. The van der Waals surface area contributed by atoms with E-state index in [4.69, 9.17) is 21.1 Å². The summed E-state index contributed by atoms with van der Waals surface area (Å²) in [7, 11) is 1.27. The van der Waals surface area contributed by atoms with E-state index in [-0.39, 0.29) is 18.8 Å². The summed E-state index contributed by atoms with van der Waals surface area (Å²) in [6, 6.07) is 16.6. The van der Waals surface area contributed by atoms with E-state index in [9.17, 15) is 9.59 Å². The van der Waals surface area contributed by atoms with Crippen molar-refractivity contribution in [1.82, 2.24) is 0 Å². The molecule has 1 atom stereocenters. The van der Waals surface area contributed by atoms with Gasteiger partial charge in [-0.2, -0.15) is 0 Å². The number of Topliss-reactive ketones (excluding diaryl/α,β-unsaturated/α-hetero) is 1. The molecular formula is C19H19ClO4. The first kappa shape index (κ1) is 18.2. The predicted octanol–water partition coefficient (Wildman–Crippen LogP) is 3.46. The van der Waals surface area contributed by atoms with Crippen molar-refractivity contribution in [1.29, 1.82) is 0 Å². The average Bonchev–Trinajstić information content (AvgIpc) is 2.61. The number of benzene rings is 2. The van der Waals surface area contributed by atoms with Crippen LogP contribution in [0.2, 0.25) is 5.02 Å². The maximum atomic E-state index is 12.4. The summed E-state index contributed by atoms with van der Waals surface area (Å²) in [5.41, 5.74) is 1.81. The van der Waals surface area contributed by atoms with E-state index in [0.29, 0.717) is 11.6 Å². The first-order chi connectivity index (χ1) is 11.6. The number of methoxy groups -OCH3 is 1. The third-order valence-corrected chi connectivity index (χ3v) is 3.84. The molecule has 4 nitrogen and oxygen atoms in total. The van der Waals surface area contributed by atoms with E-state index in [1.807, 2.05) is 30.3 Å². The number of rotatable bonds is 8.